The monoisotopic (exact) mass is 574 g/mol. The summed E-state index contributed by atoms with van der Waals surface area (Å²) in [7, 11) is -3.77. The van der Waals surface area contributed by atoms with Crippen molar-refractivity contribution in [2.24, 2.45) is 5.92 Å². The Balaban J connectivity index is 1.53. The van der Waals surface area contributed by atoms with Gasteiger partial charge in [-0.2, -0.15) is 0 Å². The van der Waals surface area contributed by atoms with E-state index in [1.807, 2.05) is 30.3 Å². The minimum Gasteiger partial charge on any atom is -0.303 e. The summed E-state index contributed by atoms with van der Waals surface area (Å²) >= 11 is 0. The standard InChI is InChI=1S/C36H50N2O2S/c1-26(2)32-24-33(27(3)4)36(34(25-32)28(5)6)41(39,40)37-35(31-15-11-8-12-16-31)19-22-38-20-17-30(18-21-38)23-29-13-9-7-10-14-29/h7-16,24-28,30,35,37H,17-23H2,1-6H3. The van der Waals surface area contributed by atoms with E-state index >= 15 is 0 Å². The SMILES string of the molecule is CC(C)c1cc(C(C)C)c(S(=O)(=O)NC(CCN2CCC(Cc3ccccc3)CC2)c2ccccc2)c(C(C)C)c1. The third-order valence-electron chi connectivity index (χ3n) is 8.66. The van der Waals surface area contributed by atoms with Gasteiger partial charge in [0, 0.05) is 6.04 Å². The van der Waals surface area contributed by atoms with Crippen molar-refractivity contribution in [1.82, 2.24) is 9.62 Å². The van der Waals surface area contributed by atoms with E-state index in [4.69, 9.17) is 0 Å². The summed E-state index contributed by atoms with van der Waals surface area (Å²) in [5.74, 6) is 1.26. The highest BCUT2D eigenvalue weighted by atomic mass is 32.2. The van der Waals surface area contributed by atoms with Crippen LogP contribution >= 0.6 is 0 Å². The predicted octanol–water partition coefficient (Wildman–Crippen LogP) is 8.42. The van der Waals surface area contributed by atoms with Crippen LogP contribution in [0.25, 0.3) is 0 Å². The van der Waals surface area contributed by atoms with Gasteiger partial charge in [-0.15, -0.1) is 0 Å². The lowest BCUT2D eigenvalue weighted by Gasteiger charge is -2.33. The number of nitrogens with one attached hydrogen (secondary N) is 1. The van der Waals surface area contributed by atoms with E-state index in [-0.39, 0.29) is 17.9 Å². The van der Waals surface area contributed by atoms with Crippen LogP contribution in [0.15, 0.2) is 77.7 Å². The van der Waals surface area contributed by atoms with Crippen molar-refractivity contribution in [2.75, 3.05) is 19.6 Å². The van der Waals surface area contributed by atoms with E-state index in [9.17, 15) is 8.42 Å². The maximum absolute atomic E-state index is 14.3. The first kappa shape index (κ1) is 31.5. The Bertz CT molecular complexity index is 1310. The Kier molecular flexibility index (Phi) is 10.8. The maximum Gasteiger partial charge on any atom is 0.241 e. The first-order valence-corrected chi connectivity index (χ1v) is 17.0. The number of hydrogen-bond donors (Lipinski definition) is 1. The highest BCUT2D eigenvalue weighted by molar-refractivity contribution is 7.89. The molecule has 4 nitrogen and oxygen atoms in total. The summed E-state index contributed by atoms with van der Waals surface area (Å²) in [5.41, 5.74) is 5.48. The quantitative estimate of drug-likeness (QED) is 0.236. The Labute approximate surface area is 249 Å². The molecule has 0 aromatic heterocycles. The molecular weight excluding hydrogens is 524 g/mol. The molecule has 0 spiro atoms. The van der Waals surface area contributed by atoms with Gasteiger partial charge in [-0.1, -0.05) is 114 Å². The van der Waals surface area contributed by atoms with Crippen LogP contribution in [0, 0.1) is 5.92 Å². The summed E-state index contributed by atoms with van der Waals surface area (Å²) < 4.78 is 31.8. The van der Waals surface area contributed by atoms with E-state index < -0.39 is 10.0 Å². The summed E-state index contributed by atoms with van der Waals surface area (Å²) in [4.78, 5) is 3.00. The largest absolute Gasteiger partial charge is 0.303 e. The minimum atomic E-state index is -3.77. The zero-order valence-electron chi connectivity index (χ0n) is 25.9. The fourth-order valence-corrected chi connectivity index (χ4v) is 8.05. The van der Waals surface area contributed by atoms with E-state index in [0.29, 0.717) is 10.8 Å². The third-order valence-corrected chi connectivity index (χ3v) is 10.3. The van der Waals surface area contributed by atoms with Crippen molar-refractivity contribution in [3.05, 3.63) is 101 Å². The second kappa shape index (κ2) is 14.1. The number of nitrogens with zero attached hydrogens (tertiary/aromatic N) is 1. The molecule has 3 aromatic carbocycles. The van der Waals surface area contributed by atoms with Gasteiger partial charge >= 0.3 is 0 Å². The Morgan fingerprint density at radius 1 is 0.756 bits per heavy atom. The van der Waals surface area contributed by atoms with Gasteiger partial charge < -0.3 is 4.90 Å². The lowest BCUT2D eigenvalue weighted by Crippen LogP contribution is -2.38. The van der Waals surface area contributed by atoms with Gasteiger partial charge in [-0.25, -0.2) is 13.1 Å². The maximum atomic E-state index is 14.3. The molecule has 1 fully saturated rings. The molecule has 5 heteroatoms. The van der Waals surface area contributed by atoms with Crippen molar-refractivity contribution in [2.45, 2.75) is 95.9 Å². The van der Waals surface area contributed by atoms with Crippen LogP contribution in [0.3, 0.4) is 0 Å². The van der Waals surface area contributed by atoms with Crippen LogP contribution in [-0.4, -0.2) is 33.0 Å². The number of rotatable bonds is 12. The van der Waals surface area contributed by atoms with Gasteiger partial charge in [0.05, 0.1) is 4.90 Å². The van der Waals surface area contributed by atoms with Gasteiger partial charge in [0.1, 0.15) is 0 Å². The first-order valence-electron chi connectivity index (χ1n) is 15.6. The second-order valence-electron chi connectivity index (χ2n) is 12.8. The number of hydrogen-bond acceptors (Lipinski definition) is 3. The van der Waals surface area contributed by atoms with Crippen molar-refractivity contribution in [1.29, 1.82) is 0 Å². The Morgan fingerprint density at radius 3 is 1.80 bits per heavy atom. The molecule has 0 radical (unpaired) electrons. The van der Waals surface area contributed by atoms with Crippen LogP contribution in [0.4, 0.5) is 0 Å². The van der Waals surface area contributed by atoms with E-state index in [2.05, 4.69) is 93.6 Å². The minimum absolute atomic E-state index is 0.102. The molecule has 1 heterocycles. The fraction of sp³-hybridized carbons (Fsp3) is 0.500. The second-order valence-corrected chi connectivity index (χ2v) is 14.5. The molecular formula is C36H50N2O2S. The molecule has 1 atom stereocenters. The first-order chi connectivity index (χ1) is 19.5. The van der Waals surface area contributed by atoms with Crippen LogP contribution in [-0.2, 0) is 16.4 Å². The summed E-state index contributed by atoms with van der Waals surface area (Å²) in [6, 6.07) is 24.8. The van der Waals surface area contributed by atoms with Gasteiger partial charge in [0.15, 0.2) is 0 Å². The van der Waals surface area contributed by atoms with E-state index in [1.54, 1.807) is 0 Å². The van der Waals surface area contributed by atoms with Crippen molar-refractivity contribution in [3.63, 3.8) is 0 Å². The summed E-state index contributed by atoms with van der Waals surface area (Å²) in [6.07, 6.45) is 4.26. The highest BCUT2D eigenvalue weighted by Crippen LogP contribution is 2.36. The molecule has 0 saturated carbocycles. The molecule has 0 aliphatic carbocycles. The summed E-state index contributed by atoms with van der Waals surface area (Å²) in [5, 5.41) is 0. The lowest BCUT2D eigenvalue weighted by molar-refractivity contribution is 0.178. The number of sulfonamides is 1. The Morgan fingerprint density at radius 2 is 1.29 bits per heavy atom. The third kappa shape index (κ3) is 8.30. The smallest absolute Gasteiger partial charge is 0.241 e. The normalized spacial score (nSPS) is 16.1. The molecule has 41 heavy (non-hydrogen) atoms. The number of likely N-dealkylation sites (tertiary alicyclic amines) is 1. The van der Waals surface area contributed by atoms with Crippen LogP contribution in [0.1, 0.15) is 112 Å². The van der Waals surface area contributed by atoms with Crippen LogP contribution in [0.5, 0.6) is 0 Å². The lowest BCUT2D eigenvalue weighted by atomic mass is 9.89. The van der Waals surface area contributed by atoms with Crippen molar-refractivity contribution in [3.8, 4) is 0 Å². The summed E-state index contributed by atoms with van der Waals surface area (Å²) in [6.45, 7) is 15.7. The molecule has 0 bridgehead atoms. The number of piperidine rings is 1. The van der Waals surface area contributed by atoms with E-state index in [1.165, 1.54) is 24.0 Å². The molecule has 4 rings (SSSR count). The Hall–Kier alpha value is -2.47. The molecule has 1 unspecified atom stereocenters. The molecule has 1 saturated heterocycles. The van der Waals surface area contributed by atoms with Crippen molar-refractivity contribution >= 4 is 10.0 Å². The topological polar surface area (TPSA) is 49.4 Å². The molecule has 1 aliphatic heterocycles. The molecule has 0 amide bonds. The average Bonchev–Trinajstić information content (AvgIpc) is 2.96. The zero-order chi connectivity index (χ0) is 29.6. The number of benzene rings is 3. The molecule has 1 aliphatic rings. The fourth-order valence-electron chi connectivity index (χ4n) is 6.10. The van der Waals surface area contributed by atoms with Crippen LogP contribution < -0.4 is 4.72 Å². The van der Waals surface area contributed by atoms with Crippen molar-refractivity contribution < 1.29 is 8.42 Å². The van der Waals surface area contributed by atoms with E-state index in [0.717, 1.165) is 55.1 Å². The predicted molar refractivity (Wildman–Crippen MR) is 172 cm³/mol. The molecule has 3 aromatic rings. The van der Waals surface area contributed by atoms with Gasteiger partial charge in [-0.3, -0.25) is 0 Å². The average molecular weight is 575 g/mol. The zero-order valence-corrected chi connectivity index (χ0v) is 26.8. The molecule has 1 N–H and O–H groups in total. The highest BCUT2D eigenvalue weighted by Gasteiger charge is 2.30. The van der Waals surface area contributed by atoms with Crippen LogP contribution in [0.2, 0.25) is 0 Å². The molecule has 222 valence electrons. The van der Waals surface area contributed by atoms with Gasteiger partial charge in [-0.05, 0) is 96.8 Å². The van der Waals surface area contributed by atoms with Gasteiger partial charge in [0.25, 0.3) is 0 Å². The van der Waals surface area contributed by atoms with Gasteiger partial charge in [0.2, 0.25) is 10.0 Å².